The topological polar surface area (TPSA) is 73.1 Å². The number of rotatable bonds is 6. The lowest BCUT2D eigenvalue weighted by Crippen LogP contribution is -1.98. The summed E-state index contributed by atoms with van der Waals surface area (Å²) in [5.41, 5.74) is 7.96. The number of pyridine rings is 2. The van der Waals surface area contributed by atoms with Gasteiger partial charge in [0.1, 0.15) is 5.82 Å². The van der Waals surface area contributed by atoms with E-state index in [1.165, 1.54) is 24.2 Å². The molecule has 1 aromatic carbocycles. The number of hydrogen-bond donors (Lipinski definition) is 2. The van der Waals surface area contributed by atoms with Gasteiger partial charge in [0.15, 0.2) is 0 Å². The molecular formula is C20H22ClFN4OS. The summed E-state index contributed by atoms with van der Waals surface area (Å²) in [4.78, 5) is 9.10. The van der Waals surface area contributed by atoms with Gasteiger partial charge in [-0.05, 0) is 47.8 Å². The number of ether oxygens (including phenoxy) is 1. The monoisotopic (exact) mass is 420 g/mol. The molecule has 0 aliphatic rings. The van der Waals surface area contributed by atoms with Crippen LogP contribution in [0.2, 0.25) is 5.02 Å². The van der Waals surface area contributed by atoms with Crippen LogP contribution in [-0.4, -0.2) is 17.1 Å². The summed E-state index contributed by atoms with van der Waals surface area (Å²) in [6.07, 6.45) is 3.13. The molecule has 0 unspecified atom stereocenters. The highest BCUT2D eigenvalue weighted by Gasteiger charge is 2.10. The van der Waals surface area contributed by atoms with Gasteiger partial charge >= 0.3 is 0 Å². The van der Waals surface area contributed by atoms with Crippen LogP contribution in [0.5, 0.6) is 5.88 Å². The van der Waals surface area contributed by atoms with Crippen LogP contribution in [0.3, 0.4) is 0 Å². The van der Waals surface area contributed by atoms with Crippen molar-refractivity contribution < 1.29 is 9.13 Å². The van der Waals surface area contributed by atoms with Crippen molar-refractivity contribution in [3.63, 3.8) is 0 Å². The van der Waals surface area contributed by atoms with Gasteiger partial charge in [0.05, 0.1) is 22.7 Å². The molecule has 0 amide bonds. The molecule has 0 aliphatic heterocycles. The highest BCUT2D eigenvalue weighted by Crippen LogP contribution is 2.31. The molecule has 28 heavy (non-hydrogen) atoms. The van der Waals surface area contributed by atoms with E-state index in [9.17, 15) is 4.39 Å². The first-order chi connectivity index (χ1) is 13.6. The molecule has 0 spiro atoms. The maximum atomic E-state index is 14.3. The van der Waals surface area contributed by atoms with Gasteiger partial charge < -0.3 is 15.2 Å². The van der Waals surface area contributed by atoms with Gasteiger partial charge in [-0.15, -0.1) is 0 Å². The molecule has 3 N–H and O–H groups in total. The lowest BCUT2D eigenvalue weighted by molar-refractivity contribution is 0.387. The van der Waals surface area contributed by atoms with Crippen molar-refractivity contribution in [1.29, 1.82) is 0 Å². The highest BCUT2D eigenvalue weighted by molar-refractivity contribution is 8.00. The largest absolute Gasteiger partial charge is 0.480 e. The van der Waals surface area contributed by atoms with Gasteiger partial charge in [0, 0.05) is 30.2 Å². The molecule has 2 aromatic heterocycles. The Morgan fingerprint density at radius 3 is 2.64 bits per heavy atom. The molecule has 0 aliphatic carbocycles. The number of benzene rings is 1. The predicted molar refractivity (Wildman–Crippen MR) is 114 cm³/mol. The summed E-state index contributed by atoms with van der Waals surface area (Å²) < 4.78 is 22.7. The fourth-order valence-electron chi connectivity index (χ4n) is 2.28. The van der Waals surface area contributed by atoms with Crippen molar-refractivity contribution >= 4 is 29.2 Å². The van der Waals surface area contributed by atoms with Gasteiger partial charge in [-0.25, -0.2) is 9.37 Å². The second kappa shape index (κ2) is 10.8. The van der Waals surface area contributed by atoms with E-state index in [0.29, 0.717) is 28.7 Å². The van der Waals surface area contributed by atoms with Crippen molar-refractivity contribution in [2.24, 2.45) is 5.73 Å². The van der Waals surface area contributed by atoms with Crippen molar-refractivity contribution in [2.45, 2.75) is 25.3 Å². The van der Waals surface area contributed by atoms with E-state index >= 15 is 0 Å². The number of anilines is 1. The Balaban J connectivity index is 0.00000136. The van der Waals surface area contributed by atoms with Crippen LogP contribution in [0.4, 0.5) is 10.1 Å². The Bertz CT molecular complexity index is 926. The highest BCUT2D eigenvalue weighted by atomic mass is 35.5. The van der Waals surface area contributed by atoms with Crippen LogP contribution in [0, 0.1) is 5.82 Å². The summed E-state index contributed by atoms with van der Waals surface area (Å²) in [5.74, 6) is 0.107. The zero-order valence-electron chi connectivity index (χ0n) is 15.9. The fourth-order valence-corrected chi connectivity index (χ4v) is 3.27. The molecule has 148 valence electrons. The van der Waals surface area contributed by atoms with E-state index in [4.69, 9.17) is 22.1 Å². The maximum absolute atomic E-state index is 14.3. The molecule has 8 heteroatoms. The van der Waals surface area contributed by atoms with Gasteiger partial charge in [-0.1, -0.05) is 31.5 Å². The maximum Gasteiger partial charge on any atom is 0.228 e. The second-order valence-corrected chi connectivity index (χ2v) is 6.60. The Kier molecular flexibility index (Phi) is 8.50. The van der Waals surface area contributed by atoms with Crippen LogP contribution < -0.4 is 15.2 Å². The van der Waals surface area contributed by atoms with E-state index in [1.807, 2.05) is 13.8 Å². The Morgan fingerprint density at radius 2 is 1.96 bits per heavy atom. The summed E-state index contributed by atoms with van der Waals surface area (Å²) in [6, 6.07) is 10.2. The smallest absolute Gasteiger partial charge is 0.228 e. The molecule has 0 saturated heterocycles. The number of hydrogen-bond acceptors (Lipinski definition) is 6. The van der Waals surface area contributed by atoms with Crippen molar-refractivity contribution in [2.75, 3.05) is 11.8 Å². The van der Waals surface area contributed by atoms with E-state index in [-0.39, 0.29) is 5.82 Å². The number of aromatic nitrogens is 2. The average molecular weight is 421 g/mol. The normalized spacial score (nSPS) is 10.1. The Morgan fingerprint density at radius 1 is 1.18 bits per heavy atom. The Labute approximate surface area is 173 Å². The number of methoxy groups -OCH3 is 1. The van der Waals surface area contributed by atoms with Gasteiger partial charge in [0.2, 0.25) is 5.88 Å². The summed E-state index contributed by atoms with van der Waals surface area (Å²) >= 11 is 7.28. The summed E-state index contributed by atoms with van der Waals surface area (Å²) in [7, 11) is 1.54. The third-order valence-corrected chi connectivity index (χ3v) is 4.62. The molecule has 0 atom stereocenters. The third-order valence-electron chi connectivity index (χ3n) is 3.56. The van der Waals surface area contributed by atoms with Crippen molar-refractivity contribution in [3.8, 4) is 17.1 Å². The number of nitrogens with two attached hydrogens (primary N) is 1. The van der Waals surface area contributed by atoms with Crippen LogP contribution in [0.25, 0.3) is 11.3 Å². The molecule has 3 aromatic rings. The number of nitrogens with one attached hydrogen (secondary N) is 1. The Hall–Kier alpha value is -2.35. The van der Waals surface area contributed by atoms with Gasteiger partial charge in [-0.3, -0.25) is 4.98 Å². The minimum absolute atomic E-state index is 0.290. The molecule has 0 saturated carbocycles. The molecule has 3 rings (SSSR count). The molecular weight excluding hydrogens is 399 g/mol. The van der Waals surface area contributed by atoms with Gasteiger partial charge in [0.25, 0.3) is 0 Å². The zero-order chi connectivity index (χ0) is 20.5. The van der Waals surface area contributed by atoms with E-state index in [2.05, 4.69) is 14.7 Å². The minimum atomic E-state index is -0.356. The van der Waals surface area contributed by atoms with Crippen LogP contribution >= 0.6 is 23.5 Å². The summed E-state index contributed by atoms with van der Waals surface area (Å²) in [5, 5.41) is 0.507. The van der Waals surface area contributed by atoms with E-state index < -0.39 is 0 Å². The third kappa shape index (κ3) is 5.58. The van der Waals surface area contributed by atoms with Crippen LogP contribution in [0.15, 0.2) is 53.7 Å². The molecule has 2 heterocycles. The van der Waals surface area contributed by atoms with Crippen molar-refractivity contribution in [1.82, 2.24) is 9.97 Å². The first-order valence-electron chi connectivity index (χ1n) is 8.68. The first-order valence-corrected chi connectivity index (χ1v) is 9.87. The van der Waals surface area contributed by atoms with Crippen LogP contribution in [-0.2, 0) is 6.54 Å². The first kappa shape index (κ1) is 21.9. The SMILES string of the molecule is CC.COc1ncc(Cl)cc1SNc1ccnc(-c2ccc(CN)cc2F)c1. The predicted octanol–water partition coefficient (Wildman–Crippen LogP) is 5.55. The van der Waals surface area contributed by atoms with E-state index in [0.717, 1.165) is 16.1 Å². The van der Waals surface area contributed by atoms with Crippen molar-refractivity contribution in [3.05, 3.63) is 65.2 Å². The quantitative estimate of drug-likeness (QED) is 0.509. The number of halogens is 2. The lowest BCUT2D eigenvalue weighted by Gasteiger charge is -2.10. The van der Waals surface area contributed by atoms with Crippen LogP contribution in [0.1, 0.15) is 19.4 Å². The average Bonchev–Trinajstić information content (AvgIpc) is 2.74. The van der Waals surface area contributed by atoms with E-state index in [1.54, 1.807) is 43.6 Å². The van der Waals surface area contributed by atoms with Gasteiger partial charge in [-0.2, -0.15) is 0 Å². The lowest BCUT2D eigenvalue weighted by atomic mass is 10.1. The summed E-state index contributed by atoms with van der Waals surface area (Å²) in [6.45, 7) is 4.29. The molecule has 5 nitrogen and oxygen atoms in total. The number of nitrogens with zero attached hydrogens (tertiary/aromatic N) is 2. The second-order valence-electron chi connectivity index (χ2n) is 5.31. The molecule has 0 fully saturated rings. The molecule has 0 bridgehead atoms. The standard InChI is InChI=1S/C18H16ClFN4OS.C2H6/c1-25-18-17(7-12(19)10-23-18)26-24-13-4-5-22-16(8-13)14-3-2-11(9-21)6-15(14)20;1-2/h2-8,10H,9,21H2,1H3,(H,22,24);1-2H3. The zero-order valence-corrected chi connectivity index (χ0v) is 17.4. The fraction of sp³-hybridized carbons (Fsp3) is 0.200. The minimum Gasteiger partial charge on any atom is -0.480 e. The molecule has 0 radical (unpaired) electrons.